The van der Waals surface area contributed by atoms with Gasteiger partial charge in [0, 0.05) is 23.5 Å². The van der Waals surface area contributed by atoms with E-state index < -0.39 is 60.1 Å². The van der Waals surface area contributed by atoms with Crippen LogP contribution < -0.4 is 27.4 Å². The molecule has 34 heavy (non-hydrogen) atoms. The Morgan fingerprint density at radius 2 is 1.68 bits per heavy atom. The molecule has 4 amide bonds. The van der Waals surface area contributed by atoms with Crippen molar-refractivity contribution in [1.29, 1.82) is 0 Å². The number of carboxylic acids is 1. The Balaban J connectivity index is 2.22. The van der Waals surface area contributed by atoms with E-state index in [0.29, 0.717) is 0 Å². The fourth-order valence-corrected chi connectivity index (χ4v) is 3.43. The zero-order valence-electron chi connectivity index (χ0n) is 19.0. The number of aromatic amines is 1. The van der Waals surface area contributed by atoms with Crippen molar-refractivity contribution in [2.45, 2.75) is 44.8 Å². The number of carbonyl (C=O) groups excluding carboxylic acids is 4. The van der Waals surface area contributed by atoms with Crippen LogP contribution in [0.15, 0.2) is 30.5 Å². The van der Waals surface area contributed by atoms with Gasteiger partial charge in [-0.05, 0) is 17.5 Å². The molecule has 0 spiro atoms. The Hall–Kier alpha value is -3.93. The van der Waals surface area contributed by atoms with Crippen molar-refractivity contribution in [1.82, 2.24) is 20.9 Å². The van der Waals surface area contributed by atoms with Gasteiger partial charge in [0.25, 0.3) is 0 Å². The molecule has 12 heteroatoms. The maximum Gasteiger partial charge on any atom is 0.326 e. The SMILES string of the molecule is CC(C)C(NC(=O)C(Cc1c[nH]c2ccccc12)NC(=O)CN)C(=O)NC(CC(N)=O)C(=O)O. The first-order chi connectivity index (χ1) is 16.0. The topological polar surface area (TPSA) is 210 Å². The molecule has 0 aliphatic heterocycles. The van der Waals surface area contributed by atoms with E-state index in [0.717, 1.165) is 16.5 Å². The number of hydrogen-bond acceptors (Lipinski definition) is 6. The summed E-state index contributed by atoms with van der Waals surface area (Å²) < 4.78 is 0. The van der Waals surface area contributed by atoms with Crippen LogP contribution in [0.1, 0.15) is 25.8 Å². The number of nitrogens with two attached hydrogens (primary N) is 2. The molecule has 0 saturated heterocycles. The quantitative estimate of drug-likeness (QED) is 0.198. The highest BCUT2D eigenvalue weighted by Crippen LogP contribution is 2.19. The smallest absolute Gasteiger partial charge is 0.326 e. The number of amides is 4. The number of para-hydroxylation sites is 1. The van der Waals surface area contributed by atoms with Crippen molar-refractivity contribution in [2.75, 3.05) is 6.54 Å². The summed E-state index contributed by atoms with van der Waals surface area (Å²) in [6.07, 6.45) is 1.25. The maximum atomic E-state index is 13.1. The van der Waals surface area contributed by atoms with Crippen molar-refractivity contribution < 1.29 is 29.1 Å². The molecule has 1 heterocycles. The van der Waals surface area contributed by atoms with Gasteiger partial charge in [-0.15, -0.1) is 0 Å². The normalized spacial score (nSPS) is 13.6. The number of benzene rings is 1. The zero-order valence-corrected chi connectivity index (χ0v) is 19.0. The first kappa shape index (κ1) is 26.3. The van der Waals surface area contributed by atoms with E-state index in [1.165, 1.54) is 0 Å². The molecule has 0 bridgehead atoms. The van der Waals surface area contributed by atoms with Crippen LogP contribution in [-0.4, -0.2) is 64.4 Å². The van der Waals surface area contributed by atoms with Gasteiger partial charge in [-0.25, -0.2) is 4.79 Å². The van der Waals surface area contributed by atoms with E-state index in [1.807, 2.05) is 24.3 Å². The van der Waals surface area contributed by atoms with E-state index in [-0.39, 0.29) is 13.0 Å². The van der Waals surface area contributed by atoms with Gasteiger partial charge in [0.05, 0.1) is 13.0 Å². The van der Waals surface area contributed by atoms with Crippen molar-refractivity contribution >= 4 is 40.5 Å². The number of hydrogen-bond donors (Lipinski definition) is 7. The van der Waals surface area contributed by atoms with E-state index in [9.17, 15) is 29.1 Å². The molecule has 1 aromatic heterocycles. The third-order valence-electron chi connectivity index (χ3n) is 5.20. The largest absolute Gasteiger partial charge is 0.480 e. The second-order valence-corrected chi connectivity index (χ2v) is 8.19. The summed E-state index contributed by atoms with van der Waals surface area (Å²) >= 11 is 0. The summed E-state index contributed by atoms with van der Waals surface area (Å²) in [4.78, 5) is 63.5. The number of fused-ring (bicyclic) bond motifs is 1. The lowest BCUT2D eigenvalue weighted by Gasteiger charge is -2.26. The average molecular weight is 475 g/mol. The number of nitrogens with one attached hydrogen (secondary N) is 4. The maximum absolute atomic E-state index is 13.1. The van der Waals surface area contributed by atoms with Crippen molar-refractivity contribution in [3.63, 3.8) is 0 Å². The Labute approximate surface area is 195 Å². The summed E-state index contributed by atoms with van der Waals surface area (Å²) in [6, 6.07) is 3.72. The Morgan fingerprint density at radius 1 is 1.00 bits per heavy atom. The van der Waals surface area contributed by atoms with Crippen molar-refractivity contribution in [3.05, 3.63) is 36.0 Å². The molecule has 3 unspecified atom stereocenters. The monoisotopic (exact) mass is 474 g/mol. The third kappa shape index (κ3) is 7.04. The fraction of sp³-hybridized carbons (Fsp3) is 0.409. The molecule has 0 radical (unpaired) electrons. The van der Waals surface area contributed by atoms with Gasteiger partial charge >= 0.3 is 5.97 Å². The second kappa shape index (κ2) is 11.8. The van der Waals surface area contributed by atoms with Crippen LogP contribution in [0.25, 0.3) is 10.9 Å². The standard InChI is InChI=1S/C22H30N6O6/c1-11(2)19(21(32)27-16(22(33)34)8-17(24)29)28-20(31)15(26-18(30)9-23)7-12-10-25-14-6-4-3-5-13(12)14/h3-6,10-11,15-16,19,25H,7-9,23H2,1-2H3,(H2,24,29)(H,26,30)(H,27,32)(H,28,31)(H,33,34). The number of rotatable bonds is 12. The van der Waals surface area contributed by atoms with Crippen molar-refractivity contribution in [2.24, 2.45) is 17.4 Å². The van der Waals surface area contributed by atoms with Crippen LogP contribution in [0.5, 0.6) is 0 Å². The molecular weight excluding hydrogens is 444 g/mol. The molecular formula is C22H30N6O6. The minimum absolute atomic E-state index is 0.118. The van der Waals surface area contributed by atoms with E-state index in [2.05, 4.69) is 20.9 Å². The lowest BCUT2D eigenvalue weighted by atomic mass is 10.00. The molecule has 184 valence electrons. The molecule has 1 aromatic carbocycles. The number of H-pyrrole nitrogens is 1. The van der Waals surface area contributed by atoms with Gasteiger partial charge in [-0.2, -0.15) is 0 Å². The summed E-state index contributed by atoms with van der Waals surface area (Å²) in [5.74, 6) is -4.78. The molecule has 2 rings (SSSR count). The molecule has 9 N–H and O–H groups in total. The van der Waals surface area contributed by atoms with Crippen LogP contribution in [0.4, 0.5) is 0 Å². The minimum Gasteiger partial charge on any atom is -0.480 e. The van der Waals surface area contributed by atoms with E-state index in [1.54, 1.807) is 20.0 Å². The molecule has 0 saturated carbocycles. The summed E-state index contributed by atoms with van der Waals surface area (Å²) in [5, 5.41) is 17.5. The van der Waals surface area contributed by atoms with Gasteiger partial charge in [0.1, 0.15) is 18.1 Å². The van der Waals surface area contributed by atoms with Crippen LogP contribution in [-0.2, 0) is 30.4 Å². The van der Waals surface area contributed by atoms with Crippen molar-refractivity contribution in [3.8, 4) is 0 Å². The van der Waals surface area contributed by atoms with Gasteiger partial charge in [-0.1, -0.05) is 32.0 Å². The summed E-state index contributed by atoms with van der Waals surface area (Å²) in [6.45, 7) is 2.97. The molecule has 3 atom stereocenters. The van der Waals surface area contributed by atoms with Gasteiger partial charge in [0.15, 0.2) is 0 Å². The fourth-order valence-electron chi connectivity index (χ4n) is 3.43. The molecule has 0 aliphatic carbocycles. The highest BCUT2D eigenvalue weighted by Gasteiger charge is 2.32. The summed E-state index contributed by atoms with van der Waals surface area (Å²) in [7, 11) is 0. The summed E-state index contributed by atoms with van der Waals surface area (Å²) in [5.41, 5.74) is 12.1. The number of primary amides is 1. The Kier molecular flexibility index (Phi) is 9.13. The predicted octanol–water partition coefficient (Wildman–Crippen LogP) is -1.26. The number of aromatic nitrogens is 1. The Bertz CT molecular complexity index is 1070. The average Bonchev–Trinajstić information content (AvgIpc) is 3.18. The lowest BCUT2D eigenvalue weighted by Crippen LogP contribution is -2.58. The number of aliphatic carboxylic acids is 1. The van der Waals surface area contributed by atoms with Crippen LogP contribution in [0, 0.1) is 5.92 Å². The molecule has 2 aromatic rings. The number of carbonyl (C=O) groups is 5. The van der Waals surface area contributed by atoms with E-state index >= 15 is 0 Å². The van der Waals surface area contributed by atoms with Crippen LogP contribution in [0.2, 0.25) is 0 Å². The van der Waals surface area contributed by atoms with Crippen LogP contribution in [0.3, 0.4) is 0 Å². The molecule has 0 fully saturated rings. The first-order valence-electron chi connectivity index (χ1n) is 10.7. The molecule has 0 aliphatic rings. The molecule has 12 nitrogen and oxygen atoms in total. The van der Waals surface area contributed by atoms with Gasteiger partial charge < -0.3 is 37.5 Å². The predicted molar refractivity (Wildman–Crippen MR) is 123 cm³/mol. The van der Waals surface area contributed by atoms with Crippen LogP contribution >= 0.6 is 0 Å². The van der Waals surface area contributed by atoms with Gasteiger partial charge in [0.2, 0.25) is 23.6 Å². The minimum atomic E-state index is -1.54. The Morgan fingerprint density at radius 3 is 2.26 bits per heavy atom. The van der Waals surface area contributed by atoms with Gasteiger partial charge in [-0.3, -0.25) is 19.2 Å². The third-order valence-corrected chi connectivity index (χ3v) is 5.20. The lowest BCUT2D eigenvalue weighted by molar-refractivity contribution is -0.144. The number of carboxylic acid groups (broad SMARTS) is 1. The highest BCUT2D eigenvalue weighted by molar-refractivity contribution is 5.95. The second-order valence-electron chi connectivity index (χ2n) is 8.19. The van der Waals surface area contributed by atoms with E-state index in [4.69, 9.17) is 11.5 Å². The highest BCUT2D eigenvalue weighted by atomic mass is 16.4. The first-order valence-corrected chi connectivity index (χ1v) is 10.7. The zero-order chi connectivity index (χ0) is 25.4.